The average molecular weight is 264 g/mol. The number of aromatic nitrogens is 2. The molecule has 1 unspecified atom stereocenters. The number of anilines is 2. The summed E-state index contributed by atoms with van der Waals surface area (Å²) in [5.74, 6) is 0.0166. The second-order valence-corrected chi connectivity index (χ2v) is 3.64. The van der Waals surface area contributed by atoms with E-state index in [9.17, 15) is 13.2 Å². The molecule has 0 radical (unpaired) electrons. The number of nitrogens with one attached hydrogen (secondary N) is 2. The smallest absolute Gasteiger partial charge is 0.380 e. The Morgan fingerprint density at radius 2 is 2.06 bits per heavy atom. The van der Waals surface area contributed by atoms with E-state index in [2.05, 4.69) is 20.6 Å². The van der Waals surface area contributed by atoms with E-state index in [1.807, 2.05) is 0 Å². The standard InChI is InChI=1S/C10H15F3N4O/c1-6(18-3)5-15-8-4-7(10(11,12)13)16-9(14-2)17-8/h4,6H,5H2,1-3H3,(H2,14,15,16,17). The van der Waals surface area contributed by atoms with Gasteiger partial charge in [0.05, 0.1) is 6.10 Å². The molecule has 1 atom stereocenters. The van der Waals surface area contributed by atoms with Crippen molar-refractivity contribution in [3.63, 3.8) is 0 Å². The molecule has 0 saturated heterocycles. The summed E-state index contributed by atoms with van der Waals surface area (Å²) in [6.45, 7) is 2.14. The second-order valence-electron chi connectivity index (χ2n) is 3.64. The molecule has 0 saturated carbocycles. The highest BCUT2D eigenvalue weighted by Crippen LogP contribution is 2.29. The van der Waals surface area contributed by atoms with Gasteiger partial charge in [-0.15, -0.1) is 0 Å². The Labute approximate surface area is 103 Å². The molecule has 1 aromatic rings. The van der Waals surface area contributed by atoms with Crippen LogP contribution in [-0.2, 0) is 10.9 Å². The number of hydrogen-bond donors (Lipinski definition) is 2. The van der Waals surface area contributed by atoms with E-state index in [4.69, 9.17) is 4.74 Å². The maximum atomic E-state index is 12.6. The van der Waals surface area contributed by atoms with Crippen LogP contribution < -0.4 is 10.6 Å². The zero-order valence-electron chi connectivity index (χ0n) is 10.3. The van der Waals surface area contributed by atoms with Gasteiger partial charge in [0.1, 0.15) is 5.82 Å². The Morgan fingerprint density at radius 3 is 2.56 bits per heavy atom. The number of nitrogens with zero attached hydrogens (tertiary/aromatic N) is 2. The number of alkyl halides is 3. The van der Waals surface area contributed by atoms with Crippen molar-refractivity contribution in [1.29, 1.82) is 0 Å². The van der Waals surface area contributed by atoms with Crippen molar-refractivity contribution < 1.29 is 17.9 Å². The zero-order chi connectivity index (χ0) is 13.8. The van der Waals surface area contributed by atoms with Gasteiger partial charge in [-0.05, 0) is 6.92 Å². The SMILES string of the molecule is CNc1nc(NCC(C)OC)cc(C(F)(F)F)n1. The summed E-state index contributed by atoms with van der Waals surface area (Å²) >= 11 is 0. The van der Waals surface area contributed by atoms with Crippen molar-refractivity contribution in [3.8, 4) is 0 Å². The third kappa shape index (κ3) is 4.02. The van der Waals surface area contributed by atoms with Gasteiger partial charge in [-0.3, -0.25) is 0 Å². The van der Waals surface area contributed by atoms with E-state index in [0.29, 0.717) is 6.54 Å². The van der Waals surface area contributed by atoms with Gasteiger partial charge < -0.3 is 15.4 Å². The Morgan fingerprint density at radius 1 is 1.39 bits per heavy atom. The highest BCUT2D eigenvalue weighted by Gasteiger charge is 2.33. The lowest BCUT2D eigenvalue weighted by Gasteiger charge is -2.13. The van der Waals surface area contributed by atoms with Crippen LogP contribution in [0, 0.1) is 0 Å². The molecule has 0 bridgehead atoms. The summed E-state index contributed by atoms with van der Waals surface area (Å²) in [7, 11) is 2.98. The molecule has 5 nitrogen and oxygen atoms in total. The van der Waals surface area contributed by atoms with Gasteiger partial charge >= 0.3 is 6.18 Å². The van der Waals surface area contributed by atoms with Crippen LogP contribution in [0.1, 0.15) is 12.6 Å². The van der Waals surface area contributed by atoms with Crippen molar-refractivity contribution in [2.45, 2.75) is 19.2 Å². The molecule has 0 aliphatic carbocycles. The van der Waals surface area contributed by atoms with Crippen LogP contribution in [0.4, 0.5) is 24.9 Å². The van der Waals surface area contributed by atoms with E-state index in [1.165, 1.54) is 14.2 Å². The summed E-state index contributed by atoms with van der Waals surface area (Å²) in [4.78, 5) is 7.23. The molecule has 1 rings (SSSR count). The molecule has 0 amide bonds. The number of ether oxygens (including phenoxy) is 1. The Hall–Kier alpha value is -1.57. The zero-order valence-corrected chi connectivity index (χ0v) is 10.3. The second kappa shape index (κ2) is 5.85. The molecule has 1 aromatic heterocycles. The number of rotatable bonds is 5. The normalized spacial score (nSPS) is 13.2. The molecule has 18 heavy (non-hydrogen) atoms. The quantitative estimate of drug-likeness (QED) is 0.851. The van der Waals surface area contributed by atoms with Gasteiger partial charge in [0.2, 0.25) is 5.95 Å². The third-order valence-electron chi connectivity index (χ3n) is 2.21. The van der Waals surface area contributed by atoms with Gasteiger partial charge in [-0.2, -0.15) is 18.2 Å². The van der Waals surface area contributed by atoms with Gasteiger partial charge in [0.25, 0.3) is 0 Å². The molecule has 102 valence electrons. The van der Waals surface area contributed by atoms with E-state index in [1.54, 1.807) is 6.92 Å². The lowest BCUT2D eigenvalue weighted by atomic mass is 10.3. The van der Waals surface area contributed by atoms with Crippen molar-refractivity contribution >= 4 is 11.8 Å². The molecular weight excluding hydrogens is 249 g/mol. The molecule has 0 fully saturated rings. The predicted molar refractivity (Wildman–Crippen MR) is 61.5 cm³/mol. The highest BCUT2D eigenvalue weighted by molar-refractivity contribution is 5.42. The summed E-state index contributed by atoms with van der Waals surface area (Å²) in [5.41, 5.74) is -0.991. The van der Waals surface area contributed by atoms with Gasteiger partial charge in [-0.25, -0.2) is 4.98 Å². The fraction of sp³-hybridized carbons (Fsp3) is 0.600. The Bertz CT molecular complexity index is 397. The first-order valence-electron chi connectivity index (χ1n) is 5.27. The number of hydrogen-bond acceptors (Lipinski definition) is 5. The van der Waals surface area contributed by atoms with E-state index < -0.39 is 11.9 Å². The fourth-order valence-electron chi connectivity index (χ4n) is 1.13. The van der Waals surface area contributed by atoms with Crippen LogP contribution >= 0.6 is 0 Å². The molecule has 0 aromatic carbocycles. The van der Waals surface area contributed by atoms with Crippen LogP contribution in [0.3, 0.4) is 0 Å². The monoisotopic (exact) mass is 264 g/mol. The van der Waals surface area contributed by atoms with Crippen LogP contribution in [-0.4, -0.2) is 36.8 Å². The lowest BCUT2D eigenvalue weighted by Crippen LogP contribution is -2.20. The lowest BCUT2D eigenvalue weighted by molar-refractivity contribution is -0.141. The van der Waals surface area contributed by atoms with Gasteiger partial charge in [-0.1, -0.05) is 0 Å². The van der Waals surface area contributed by atoms with Crippen molar-refractivity contribution in [3.05, 3.63) is 11.8 Å². The van der Waals surface area contributed by atoms with Crippen molar-refractivity contribution in [2.75, 3.05) is 31.3 Å². The predicted octanol–water partition coefficient (Wildman–Crippen LogP) is 1.98. The molecule has 0 aliphatic rings. The van der Waals surface area contributed by atoms with Crippen molar-refractivity contribution in [2.24, 2.45) is 0 Å². The molecule has 1 heterocycles. The first-order chi connectivity index (χ1) is 8.36. The number of halogens is 3. The largest absolute Gasteiger partial charge is 0.433 e. The van der Waals surface area contributed by atoms with E-state index >= 15 is 0 Å². The minimum Gasteiger partial charge on any atom is -0.380 e. The third-order valence-corrected chi connectivity index (χ3v) is 2.21. The van der Waals surface area contributed by atoms with Crippen LogP contribution in [0.15, 0.2) is 6.07 Å². The maximum Gasteiger partial charge on any atom is 0.433 e. The molecule has 2 N–H and O–H groups in total. The van der Waals surface area contributed by atoms with Crippen LogP contribution in [0.5, 0.6) is 0 Å². The van der Waals surface area contributed by atoms with Gasteiger partial charge in [0.15, 0.2) is 5.69 Å². The molecule has 0 spiro atoms. The first kappa shape index (κ1) is 14.5. The first-order valence-corrected chi connectivity index (χ1v) is 5.27. The minimum atomic E-state index is -4.50. The average Bonchev–Trinajstić information content (AvgIpc) is 2.34. The van der Waals surface area contributed by atoms with Crippen LogP contribution in [0.2, 0.25) is 0 Å². The summed E-state index contributed by atoms with van der Waals surface area (Å²) in [6, 6.07) is 0.864. The molecular formula is C10H15F3N4O. The minimum absolute atomic E-state index is 0.0857. The maximum absolute atomic E-state index is 12.6. The number of methoxy groups -OCH3 is 1. The highest BCUT2D eigenvalue weighted by atomic mass is 19.4. The van der Waals surface area contributed by atoms with E-state index in [-0.39, 0.29) is 17.9 Å². The van der Waals surface area contributed by atoms with Crippen LogP contribution in [0.25, 0.3) is 0 Å². The van der Waals surface area contributed by atoms with Gasteiger partial charge in [0, 0.05) is 26.8 Å². The summed E-state index contributed by atoms with van der Waals surface area (Å²) in [6.07, 6.45) is -4.63. The molecule has 8 heteroatoms. The summed E-state index contributed by atoms with van der Waals surface area (Å²) in [5, 5.41) is 5.25. The fourth-order valence-corrected chi connectivity index (χ4v) is 1.13. The Balaban J connectivity index is 2.91. The van der Waals surface area contributed by atoms with E-state index in [0.717, 1.165) is 6.07 Å². The molecule has 0 aliphatic heterocycles. The summed E-state index contributed by atoms with van der Waals surface area (Å²) < 4.78 is 42.7. The topological polar surface area (TPSA) is 59.1 Å². The Kier molecular flexibility index (Phi) is 4.71. The van der Waals surface area contributed by atoms with Crippen molar-refractivity contribution in [1.82, 2.24) is 9.97 Å².